The number of benzene rings is 1. The van der Waals surface area contributed by atoms with Crippen molar-refractivity contribution in [2.75, 3.05) is 25.0 Å². The molecular formula is C19H24N2O3S3. The molecule has 1 aliphatic rings. The maximum Gasteiger partial charge on any atom is 0.252 e. The van der Waals surface area contributed by atoms with E-state index in [0.717, 1.165) is 17.0 Å². The lowest BCUT2D eigenvalue weighted by Gasteiger charge is -2.23. The van der Waals surface area contributed by atoms with Crippen LogP contribution < -0.4 is 4.90 Å². The quantitative estimate of drug-likeness (QED) is 0.701. The molecule has 8 heteroatoms. The van der Waals surface area contributed by atoms with Gasteiger partial charge in [0.1, 0.15) is 4.21 Å². The Morgan fingerprint density at radius 2 is 2.04 bits per heavy atom. The van der Waals surface area contributed by atoms with Crippen LogP contribution in [0.5, 0.6) is 0 Å². The van der Waals surface area contributed by atoms with Crippen LogP contribution in [-0.4, -0.2) is 44.0 Å². The molecule has 5 nitrogen and oxygen atoms in total. The molecule has 1 unspecified atom stereocenters. The van der Waals surface area contributed by atoms with Crippen molar-refractivity contribution < 1.29 is 13.2 Å². The Balaban J connectivity index is 1.61. The Morgan fingerprint density at radius 3 is 2.78 bits per heavy atom. The molecule has 0 bridgehead atoms. The van der Waals surface area contributed by atoms with Gasteiger partial charge in [0.15, 0.2) is 0 Å². The van der Waals surface area contributed by atoms with Crippen molar-refractivity contribution in [1.82, 2.24) is 4.31 Å². The number of thiophene rings is 1. The van der Waals surface area contributed by atoms with Crippen LogP contribution in [0.15, 0.2) is 50.9 Å². The Hall–Kier alpha value is -1.35. The molecule has 2 heterocycles. The summed E-state index contributed by atoms with van der Waals surface area (Å²) in [6, 6.07) is 11.3. The standard InChI is InChI=1S/C19H24N2O3S3/c1-15-11-13-21(16-7-3-4-8-17(16)26-15)18(22)9-5-12-20(2)27(23,24)19-10-6-14-25-19/h3-4,6-8,10,14-15H,5,9,11-13H2,1-2H3. The number of carbonyl (C=O) groups excluding carboxylic acids is 1. The Kier molecular flexibility index (Phi) is 6.62. The van der Waals surface area contributed by atoms with E-state index < -0.39 is 10.0 Å². The maximum atomic E-state index is 12.8. The van der Waals surface area contributed by atoms with Crippen molar-refractivity contribution in [3.05, 3.63) is 41.8 Å². The summed E-state index contributed by atoms with van der Waals surface area (Å²) >= 11 is 3.01. The van der Waals surface area contributed by atoms with Gasteiger partial charge >= 0.3 is 0 Å². The fourth-order valence-corrected chi connectivity index (χ4v) is 6.54. The molecule has 27 heavy (non-hydrogen) atoms. The molecule has 0 aliphatic carbocycles. The van der Waals surface area contributed by atoms with E-state index in [9.17, 15) is 13.2 Å². The first-order valence-corrected chi connectivity index (χ1v) is 12.2. The van der Waals surface area contributed by atoms with Gasteiger partial charge < -0.3 is 4.90 Å². The molecule has 0 radical (unpaired) electrons. The van der Waals surface area contributed by atoms with Crippen LogP contribution in [0.2, 0.25) is 0 Å². The number of fused-ring (bicyclic) bond motifs is 1. The average molecular weight is 425 g/mol. The molecule has 1 aromatic carbocycles. The molecule has 0 fully saturated rings. The van der Waals surface area contributed by atoms with Crippen molar-refractivity contribution in [2.45, 2.75) is 40.5 Å². The highest BCUT2D eigenvalue weighted by Crippen LogP contribution is 2.37. The number of hydrogen-bond acceptors (Lipinski definition) is 5. The van der Waals surface area contributed by atoms with Crippen LogP contribution in [0.3, 0.4) is 0 Å². The maximum absolute atomic E-state index is 12.8. The van der Waals surface area contributed by atoms with E-state index in [-0.39, 0.29) is 5.91 Å². The first-order chi connectivity index (χ1) is 12.9. The van der Waals surface area contributed by atoms with Gasteiger partial charge in [-0.15, -0.1) is 23.1 Å². The summed E-state index contributed by atoms with van der Waals surface area (Å²) in [6.07, 6.45) is 1.77. The largest absolute Gasteiger partial charge is 0.311 e. The van der Waals surface area contributed by atoms with Gasteiger partial charge in [0, 0.05) is 36.7 Å². The summed E-state index contributed by atoms with van der Waals surface area (Å²) in [6.45, 7) is 3.21. The molecular weight excluding hydrogens is 400 g/mol. The minimum absolute atomic E-state index is 0.0547. The fraction of sp³-hybridized carbons (Fsp3) is 0.421. The minimum atomic E-state index is -3.46. The number of thioether (sulfide) groups is 1. The molecule has 0 saturated heterocycles. The van der Waals surface area contributed by atoms with Gasteiger partial charge in [-0.2, -0.15) is 0 Å². The van der Waals surface area contributed by atoms with Gasteiger partial charge in [0.25, 0.3) is 10.0 Å². The van der Waals surface area contributed by atoms with E-state index in [2.05, 4.69) is 13.0 Å². The predicted octanol–water partition coefficient (Wildman–Crippen LogP) is 4.07. The van der Waals surface area contributed by atoms with E-state index in [4.69, 9.17) is 0 Å². The van der Waals surface area contributed by atoms with E-state index in [1.807, 2.05) is 23.1 Å². The molecule has 2 aromatic rings. The third-order valence-electron chi connectivity index (χ3n) is 4.57. The number of para-hydroxylation sites is 1. The number of nitrogens with zero attached hydrogens (tertiary/aromatic N) is 2. The molecule has 1 aliphatic heterocycles. The molecule has 0 saturated carbocycles. The highest BCUT2D eigenvalue weighted by atomic mass is 32.2. The van der Waals surface area contributed by atoms with Crippen LogP contribution in [0.25, 0.3) is 0 Å². The summed E-state index contributed by atoms with van der Waals surface area (Å²) in [7, 11) is -1.89. The number of amides is 1. The number of anilines is 1. The molecule has 0 spiro atoms. The van der Waals surface area contributed by atoms with E-state index >= 15 is 0 Å². The Bertz CT molecular complexity index is 881. The fourth-order valence-electron chi connectivity index (χ4n) is 3.02. The van der Waals surface area contributed by atoms with Crippen molar-refractivity contribution >= 4 is 44.7 Å². The second kappa shape index (κ2) is 8.77. The van der Waals surface area contributed by atoms with Crippen LogP contribution in [-0.2, 0) is 14.8 Å². The molecule has 1 atom stereocenters. The average Bonchev–Trinajstić information content (AvgIpc) is 3.13. The van der Waals surface area contributed by atoms with Crippen molar-refractivity contribution in [3.8, 4) is 0 Å². The molecule has 1 amide bonds. The summed E-state index contributed by atoms with van der Waals surface area (Å²) in [5.41, 5.74) is 0.969. The van der Waals surface area contributed by atoms with Crippen LogP contribution >= 0.6 is 23.1 Å². The van der Waals surface area contributed by atoms with Crippen molar-refractivity contribution in [2.24, 2.45) is 0 Å². The number of carbonyl (C=O) groups is 1. The third kappa shape index (κ3) is 4.74. The van der Waals surface area contributed by atoms with Crippen LogP contribution in [0.1, 0.15) is 26.2 Å². The minimum Gasteiger partial charge on any atom is -0.311 e. The highest BCUT2D eigenvalue weighted by Gasteiger charge is 2.25. The SMILES string of the molecule is CC1CCN(C(=O)CCCN(C)S(=O)(=O)c2cccs2)c2ccccc2S1. The van der Waals surface area contributed by atoms with Crippen molar-refractivity contribution in [3.63, 3.8) is 0 Å². The summed E-state index contributed by atoms with van der Waals surface area (Å²) in [5.74, 6) is 0.0547. The number of hydrogen-bond donors (Lipinski definition) is 0. The topological polar surface area (TPSA) is 57.7 Å². The van der Waals surface area contributed by atoms with Crippen molar-refractivity contribution in [1.29, 1.82) is 0 Å². The smallest absolute Gasteiger partial charge is 0.252 e. The van der Waals surface area contributed by atoms with Gasteiger partial charge in [0.05, 0.1) is 5.69 Å². The molecule has 0 N–H and O–H groups in total. The van der Waals surface area contributed by atoms with Gasteiger partial charge in [0.2, 0.25) is 5.91 Å². The lowest BCUT2D eigenvalue weighted by Crippen LogP contribution is -2.33. The van der Waals surface area contributed by atoms with E-state index in [0.29, 0.717) is 35.4 Å². The monoisotopic (exact) mass is 424 g/mol. The predicted molar refractivity (Wildman–Crippen MR) is 112 cm³/mol. The number of sulfonamides is 1. The zero-order chi connectivity index (χ0) is 19.4. The van der Waals surface area contributed by atoms with Gasteiger partial charge in [-0.1, -0.05) is 25.1 Å². The van der Waals surface area contributed by atoms with Gasteiger partial charge in [-0.3, -0.25) is 4.79 Å². The van der Waals surface area contributed by atoms with Gasteiger partial charge in [-0.05, 0) is 36.4 Å². The zero-order valence-corrected chi connectivity index (χ0v) is 17.9. The highest BCUT2D eigenvalue weighted by molar-refractivity contribution is 8.00. The first-order valence-electron chi connectivity index (χ1n) is 8.95. The first kappa shape index (κ1) is 20.4. The lowest BCUT2D eigenvalue weighted by atomic mass is 10.2. The Labute approximate surface area is 169 Å². The molecule has 146 valence electrons. The summed E-state index contributed by atoms with van der Waals surface area (Å²) < 4.78 is 26.6. The second-order valence-electron chi connectivity index (χ2n) is 6.59. The van der Waals surface area contributed by atoms with E-state index in [1.165, 1.54) is 15.6 Å². The second-order valence-corrected chi connectivity index (χ2v) is 11.3. The van der Waals surface area contributed by atoms with E-state index in [1.54, 1.807) is 36.3 Å². The third-order valence-corrected chi connectivity index (χ3v) is 9.03. The van der Waals surface area contributed by atoms with Gasteiger partial charge in [-0.25, -0.2) is 12.7 Å². The van der Waals surface area contributed by atoms with Crippen LogP contribution in [0, 0.1) is 0 Å². The normalized spacial score (nSPS) is 17.6. The summed E-state index contributed by atoms with van der Waals surface area (Å²) in [4.78, 5) is 15.8. The molecule has 3 rings (SSSR count). The molecule has 1 aromatic heterocycles. The Morgan fingerprint density at radius 1 is 1.26 bits per heavy atom. The number of rotatable bonds is 6. The summed E-state index contributed by atoms with van der Waals surface area (Å²) in [5, 5.41) is 2.21. The van der Waals surface area contributed by atoms with Crippen LogP contribution in [0.4, 0.5) is 5.69 Å². The lowest BCUT2D eigenvalue weighted by molar-refractivity contribution is -0.118. The zero-order valence-electron chi connectivity index (χ0n) is 15.5.